The fraction of sp³-hybridized carbons (Fsp3) is 0.455. The second kappa shape index (κ2) is 7.08. The molecule has 1 fully saturated rings. The van der Waals surface area contributed by atoms with Gasteiger partial charge in [-0.15, -0.1) is 11.3 Å². The smallest absolute Gasteiger partial charge is 0.219 e. The molecule has 0 unspecified atom stereocenters. The van der Waals surface area contributed by atoms with Gasteiger partial charge in [0.25, 0.3) is 0 Å². The number of thiazole rings is 1. The highest BCUT2D eigenvalue weighted by molar-refractivity contribution is 7.09. The first kappa shape index (κ1) is 19.5. The molecule has 1 N–H and O–H groups in total. The molecule has 8 heteroatoms. The van der Waals surface area contributed by atoms with Crippen molar-refractivity contribution in [2.45, 2.75) is 24.9 Å². The van der Waals surface area contributed by atoms with E-state index in [9.17, 15) is 9.90 Å². The number of carbonyl (C=O) groups is 1. The predicted octanol–water partition coefficient (Wildman–Crippen LogP) is 2.29. The summed E-state index contributed by atoms with van der Waals surface area (Å²) in [6, 6.07) is 6.05. The molecule has 1 amide bonds. The Morgan fingerprint density at radius 3 is 2.80 bits per heavy atom. The van der Waals surface area contributed by atoms with Crippen LogP contribution in [-0.4, -0.2) is 63.7 Å². The van der Waals surface area contributed by atoms with E-state index in [-0.39, 0.29) is 24.0 Å². The van der Waals surface area contributed by atoms with Crippen LogP contribution in [0.15, 0.2) is 29.8 Å². The number of benzene rings is 1. The molecule has 0 saturated carbocycles. The van der Waals surface area contributed by atoms with Crippen molar-refractivity contribution in [3.63, 3.8) is 0 Å². The van der Waals surface area contributed by atoms with Crippen molar-refractivity contribution in [2.75, 3.05) is 33.4 Å². The fourth-order valence-electron chi connectivity index (χ4n) is 5.30. The number of fused-ring (bicyclic) bond motifs is 4. The molecule has 1 saturated heterocycles. The molecule has 2 aliphatic heterocycles. The van der Waals surface area contributed by atoms with Crippen LogP contribution in [0.1, 0.15) is 29.2 Å². The number of nitrogens with zero attached hydrogens (tertiary/aromatic N) is 4. The number of aromatic nitrogens is 2. The summed E-state index contributed by atoms with van der Waals surface area (Å²) in [5.41, 5.74) is 3.36. The average molecular weight is 427 g/mol. The lowest BCUT2D eigenvalue weighted by Gasteiger charge is -2.56. The second-order valence-electron chi connectivity index (χ2n) is 8.39. The molecule has 1 atom stereocenters. The van der Waals surface area contributed by atoms with Crippen molar-refractivity contribution in [2.24, 2.45) is 7.05 Å². The number of likely N-dealkylation sites (tertiary alicyclic amines) is 1. The first-order valence-corrected chi connectivity index (χ1v) is 11.0. The lowest BCUT2D eigenvalue weighted by molar-refractivity contribution is -0.138. The minimum Gasteiger partial charge on any atom is -0.497 e. The molecular formula is C22H26N4O3S. The number of aliphatic hydroxyl groups is 1. The van der Waals surface area contributed by atoms with Crippen molar-refractivity contribution in [3.05, 3.63) is 46.0 Å². The Morgan fingerprint density at radius 1 is 1.37 bits per heavy atom. The van der Waals surface area contributed by atoms with Gasteiger partial charge < -0.3 is 19.3 Å². The van der Waals surface area contributed by atoms with E-state index in [0.29, 0.717) is 19.6 Å². The number of amides is 1. The Bertz CT molecular complexity index is 1100. The van der Waals surface area contributed by atoms with Crippen molar-refractivity contribution < 1.29 is 14.6 Å². The largest absolute Gasteiger partial charge is 0.497 e. The highest BCUT2D eigenvalue weighted by Gasteiger charge is 2.54. The number of carbonyl (C=O) groups excluding carboxylic acids is 1. The van der Waals surface area contributed by atoms with Crippen LogP contribution in [0.2, 0.25) is 0 Å². The van der Waals surface area contributed by atoms with Gasteiger partial charge in [-0.25, -0.2) is 4.98 Å². The Morgan fingerprint density at radius 2 is 2.17 bits per heavy atom. The molecule has 2 aliphatic rings. The van der Waals surface area contributed by atoms with Crippen LogP contribution in [0.25, 0.3) is 10.9 Å². The molecule has 30 heavy (non-hydrogen) atoms. The molecule has 158 valence electrons. The molecule has 0 aliphatic carbocycles. The predicted molar refractivity (Wildman–Crippen MR) is 116 cm³/mol. The van der Waals surface area contributed by atoms with Crippen molar-refractivity contribution in [1.29, 1.82) is 0 Å². The van der Waals surface area contributed by atoms with Gasteiger partial charge in [-0.2, -0.15) is 0 Å². The second-order valence-corrected chi connectivity index (χ2v) is 9.37. The normalized spacial score (nSPS) is 20.4. The first-order chi connectivity index (χ1) is 14.5. The lowest BCUT2D eigenvalue weighted by atomic mass is 9.68. The van der Waals surface area contributed by atoms with Crippen molar-refractivity contribution >= 4 is 28.1 Å². The number of methoxy groups -OCH3 is 1. The van der Waals surface area contributed by atoms with Gasteiger partial charge in [-0.3, -0.25) is 9.69 Å². The van der Waals surface area contributed by atoms with Crippen LogP contribution in [0.5, 0.6) is 5.75 Å². The fourth-order valence-corrected chi connectivity index (χ4v) is 5.94. The highest BCUT2D eigenvalue weighted by atomic mass is 32.1. The van der Waals surface area contributed by atoms with Crippen LogP contribution in [0.3, 0.4) is 0 Å². The Labute approximate surface area is 179 Å². The molecule has 0 bridgehead atoms. The molecule has 3 aromatic rings. The van der Waals surface area contributed by atoms with Gasteiger partial charge in [-0.05, 0) is 17.7 Å². The molecule has 4 heterocycles. The van der Waals surface area contributed by atoms with Crippen LogP contribution >= 0.6 is 11.3 Å². The number of aryl methyl sites for hydroxylation is 1. The molecule has 1 aromatic carbocycles. The minimum atomic E-state index is -0.141. The molecule has 0 radical (unpaired) electrons. The van der Waals surface area contributed by atoms with Gasteiger partial charge in [0, 0.05) is 67.7 Å². The third-order valence-corrected chi connectivity index (χ3v) is 7.44. The molecule has 2 aromatic heterocycles. The quantitative estimate of drug-likeness (QED) is 0.693. The van der Waals surface area contributed by atoms with Crippen molar-refractivity contribution in [3.8, 4) is 5.75 Å². The van der Waals surface area contributed by atoms with Crippen LogP contribution in [0.4, 0.5) is 0 Å². The Hall–Kier alpha value is -2.42. The van der Waals surface area contributed by atoms with E-state index in [1.807, 2.05) is 22.5 Å². The number of hydrogen-bond acceptors (Lipinski definition) is 6. The van der Waals surface area contributed by atoms with E-state index in [2.05, 4.69) is 33.6 Å². The summed E-state index contributed by atoms with van der Waals surface area (Å²) in [5, 5.41) is 14.6. The van der Waals surface area contributed by atoms with Crippen molar-refractivity contribution in [1.82, 2.24) is 19.4 Å². The van der Waals surface area contributed by atoms with Gasteiger partial charge >= 0.3 is 0 Å². The molecular weight excluding hydrogens is 400 g/mol. The summed E-state index contributed by atoms with van der Waals surface area (Å²) >= 11 is 1.63. The summed E-state index contributed by atoms with van der Waals surface area (Å²) < 4.78 is 7.66. The SMILES string of the molecule is COc1ccc2c3c(n(C)c2c1)[C@@H](CO)N(Cc1nccs1)CC31CN(C(C)=O)C1. The monoisotopic (exact) mass is 426 g/mol. The van der Waals surface area contributed by atoms with Gasteiger partial charge in [-0.1, -0.05) is 0 Å². The van der Waals surface area contributed by atoms with E-state index in [4.69, 9.17) is 4.74 Å². The average Bonchev–Trinajstić information content (AvgIpc) is 3.32. The number of hydrogen-bond donors (Lipinski definition) is 1. The van der Waals surface area contributed by atoms with E-state index in [1.54, 1.807) is 25.4 Å². The van der Waals surface area contributed by atoms with E-state index in [0.717, 1.165) is 28.5 Å². The summed E-state index contributed by atoms with van der Waals surface area (Å²) in [7, 11) is 3.74. The Kier molecular flexibility index (Phi) is 4.61. The van der Waals surface area contributed by atoms with Crippen LogP contribution in [0, 0.1) is 0 Å². The maximum absolute atomic E-state index is 12.0. The van der Waals surface area contributed by atoms with Gasteiger partial charge in [0.05, 0.1) is 31.8 Å². The first-order valence-electron chi connectivity index (χ1n) is 10.1. The zero-order valence-electron chi connectivity index (χ0n) is 17.5. The number of rotatable bonds is 4. The maximum atomic E-state index is 12.0. The summed E-state index contributed by atoms with van der Waals surface area (Å²) in [5.74, 6) is 0.925. The highest BCUT2D eigenvalue weighted by Crippen LogP contribution is 2.49. The topological polar surface area (TPSA) is 70.8 Å². The van der Waals surface area contributed by atoms with Crippen LogP contribution in [-0.2, 0) is 23.8 Å². The maximum Gasteiger partial charge on any atom is 0.219 e. The zero-order chi connectivity index (χ0) is 21.0. The molecule has 5 rings (SSSR count). The lowest BCUT2D eigenvalue weighted by Crippen LogP contribution is -2.67. The summed E-state index contributed by atoms with van der Waals surface area (Å²) in [6.45, 7) is 4.55. The molecule has 7 nitrogen and oxygen atoms in total. The van der Waals surface area contributed by atoms with Gasteiger partial charge in [0.1, 0.15) is 10.8 Å². The van der Waals surface area contributed by atoms with Crippen LogP contribution < -0.4 is 4.74 Å². The minimum absolute atomic E-state index is 0.0339. The third kappa shape index (κ3) is 2.78. The van der Waals surface area contributed by atoms with Gasteiger partial charge in [0.15, 0.2) is 0 Å². The molecule has 1 spiro atoms. The zero-order valence-corrected chi connectivity index (χ0v) is 18.3. The van der Waals surface area contributed by atoms with E-state index >= 15 is 0 Å². The van der Waals surface area contributed by atoms with E-state index < -0.39 is 0 Å². The van der Waals surface area contributed by atoms with Gasteiger partial charge in [0.2, 0.25) is 5.91 Å². The summed E-state index contributed by atoms with van der Waals surface area (Å²) in [4.78, 5) is 20.7. The van der Waals surface area contributed by atoms with E-state index in [1.165, 1.54) is 10.9 Å². The Balaban J connectivity index is 1.68. The standard InChI is InChI=1S/C22H26N4O3S/c1-14(28)26-12-22(13-26)11-25(9-19-23-6-7-30-19)18(10-27)21-20(22)16-5-4-15(29-3)8-17(16)24(21)2/h4-8,18,27H,9-13H2,1-3H3/t18-/m1/s1. The third-order valence-electron chi connectivity index (χ3n) is 6.67. The number of ether oxygens (including phenoxy) is 1. The summed E-state index contributed by atoms with van der Waals surface area (Å²) in [6.07, 6.45) is 1.82. The number of aliphatic hydroxyl groups excluding tert-OH is 1.